The third-order valence-corrected chi connectivity index (χ3v) is 4.89. The van der Waals surface area contributed by atoms with Crippen LogP contribution in [0.3, 0.4) is 0 Å². The van der Waals surface area contributed by atoms with Crippen LogP contribution in [0.2, 0.25) is 5.02 Å². The van der Waals surface area contributed by atoms with E-state index in [2.05, 4.69) is 26.7 Å². The summed E-state index contributed by atoms with van der Waals surface area (Å²) in [6, 6.07) is 7.78. The van der Waals surface area contributed by atoms with Crippen LogP contribution in [0.25, 0.3) is 0 Å². The lowest BCUT2D eigenvalue weighted by atomic mass is 9.97. The lowest BCUT2D eigenvalue weighted by Crippen LogP contribution is -2.26. The number of rotatable bonds is 8. The van der Waals surface area contributed by atoms with Gasteiger partial charge in [-0.15, -0.1) is 0 Å². The van der Waals surface area contributed by atoms with Crippen LogP contribution in [0.4, 0.5) is 5.82 Å². The van der Waals surface area contributed by atoms with Crippen molar-refractivity contribution in [3.63, 3.8) is 0 Å². The van der Waals surface area contributed by atoms with Gasteiger partial charge < -0.3 is 10.6 Å². The van der Waals surface area contributed by atoms with Gasteiger partial charge in [-0.2, -0.15) is 0 Å². The van der Waals surface area contributed by atoms with Gasteiger partial charge >= 0.3 is 0 Å². The Kier molecular flexibility index (Phi) is 7.22. The van der Waals surface area contributed by atoms with Gasteiger partial charge in [0.25, 0.3) is 5.91 Å². The minimum atomic E-state index is -0.174. The zero-order valence-electron chi connectivity index (χ0n) is 15.4. The number of nitrogens with one attached hydrogen (secondary N) is 2. The standard InChI is InChI=1S/C21H25ClN4O/c22-18-8-6-17(7-9-18)10-12-23-20-15-25-19(14-26-20)21(27)24-13-11-16-4-2-1-3-5-16/h4,6-9,14-15H,1-3,5,10-13H2,(H,23,26)(H,24,27). The lowest BCUT2D eigenvalue weighted by Gasteiger charge is -2.12. The van der Waals surface area contributed by atoms with E-state index in [-0.39, 0.29) is 5.91 Å². The van der Waals surface area contributed by atoms with Gasteiger partial charge in [-0.1, -0.05) is 35.4 Å². The number of amides is 1. The van der Waals surface area contributed by atoms with Crippen molar-refractivity contribution in [2.24, 2.45) is 0 Å². The molecule has 1 aliphatic rings. The van der Waals surface area contributed by atoms with Crippen LogP contribution in [0.5, 0.6) is 0 Å². The Bertz CT molecular complexity index is 772. The predicted octanol–water partition coefficient (Wildman–Crippen LogP) is 4.40. The van der Waals surface area contributed by atoms with Crippen molar-refractivity contribution in [2.45, 2.75) is 38.5 Å². The first kappa shape index (κ1) is 19.4. The highest BCUT2D eigenvalue weighted by atomic mass is 35.5. The smallest absolute Gasteiger partial charge is 0.271 e. The molecule has 2 N–H and O–H groups in total. The Hall–Kier alpha value is -2.40. The molecule has 142 valence electrons. The number of hydrogen-bond acceptors (Lipinski definition) is 4. The Labute approximate surface area is 165 Å². The summed E-state index contributed by atoms with van der Waals surface area (Å²) < 4.78 is 0. The van der Waals surface area contributed by atoms with Crippen LogP contribution in [0, 0.1) is 0 Å². The number of nitrogens with zero attached hydrogens (tertiary/aromatic N) is 2. The van der Waals surface area contributed by atoms with E-state index in [9.17, 15) is 4.79 Å². The second-order valence-corrected chi connectivity index (χ2v) is 7.14. The maximum atomic E-state index is 12.2. The SMILES string of the molecule is O=C(NCCC1=CCCCC1)c1cnc(NCCc2ccc(Cl)cc2)cn1. The zero-order valence-corrected chi connectivity index (χ0v) is 16.1. The quantitative estimate of drug-likeness (QED) is 0.662. The van der Waals surface area contributed by atoms with Crippen LogP contribution in [0.15, 0.2) is 48.3 Å². The Balaban J connectivity index is 1.40. The topological polar surface area (TPSA) is 66.9 Å². The van der Waals surface area contributed by atoms with E-state index in [4.69, 9.17) is 11.6 Å². The molecule has 6 heteroatoms. The molecule has 0 spiro atoms. The van der Waals surface area contributed by atoms with Crippen LogP contribution >= 0.6 is 11.6 Å². The summed E-state index contributed by atoms with van der Waals surface area (Å²) in [6.45, 7) is 1.38. The van der Waals surface area contributed by atoms with E-state index in [1.54, 1.807) is 6.20 Å². The lowest BCUT2D eigenvalue weighted by molar-refractivity contribution is 0.0948. The van der Waals surface area contributed by atoms with Crippen molar-refractivity contribution in [2.75, 3.05) is 18.4 Å². The fraction of sp³-hybridized carbons (Fsp3) is 0.381. The molecule has 0 saturated carbocycles. The molecule has 0 aliphatic heterocycles. The van der Waals surface area contributed by atoms with Crippen molar-refractivity contribution in [1.29, 1.82) is 0 Å². The van der Waals surface area contributed by atoms with E-state index in [0.29, 0.717) is 18.1 Å². The van der Waals surface area contributed by atoms with Gasteiger partial charge in [0, 0.05) is 18.1 Å². The highest BCUT2D eigenvalue weighted by Gasteiger charge is 2.09. The third kappa shape index (κ3) is 6.36. The van der Waals surface area contributed by atoms with Crippen molar-refractivity contribution in [3.8, 4) is 0 Å². The first-order valence-corrected chi connectivity index (χ1v) is 9.85. The summed E-state index contributed by atoms with van der Waals surface area (Å²) in [4.78, 5) is 20.6. The van der Waals surface area contributed by atoms with Crippen LogP contribution in [-0.2, 0) is 6.42 Å². The zero-order chi connectivity index (χ0) is 18.9. The molecule has 0 fully saturated rings. The summed E-state index contributed by atoms with van der Waals surface area (Å²) in [5.74, 6) is 0.486. The summed E-state index contributed by atoms with van der Waals surface area (Å²) in [5.41, 5.74) is 2.99. The molecule has 0 radical (unpaired) electrons. The summed E-state index contributed by atoms with van der Waals surface area (Å²) in [6.07, 6.45) is 12.1. The van der Waals surface area contributed by atoms with Crippen LogP contribution < -0.4 is 10.6 Å². The molecule has 1 aromatic carbocycles. The van der Waals surface area contributed by atoms with Crippen molar-refractivity contribution >= 4 is 23.3 Å². The van der Waals surface area contributed by atoms with E-state index in [1.165, 1.54) is 36.6 Å². The van der Waals surface area contributed by atoms with Crippen molar-refractivity contribution < 1.29 is 4.79 Å². The molecule has 0 atom stereocenters. The highest BCUT2D eigenvalue weighted by Crippen LogP contribution is 2.19. The van der Waals surface area contributed by atoms with Crippen molar-refractivity contribution in [1.82, 2.24) is 15.3 Å². The van der Waals surface area contributed by atoms with Gasteiger partial charge in [0.2, 0.25) is 0 Å². The van der Waals surface area contributed by atoms with E-state index in [0.717, 1.165) is 30.8 Å². The Morgan fingerprint density at radius 3 is 2.59 bits per heavy atom. The molecule has 5 nitrogen and oxygen atoms in total. The highest BCUT2D eigenvalue weighted by molar-refractivity contribution is 6.30. The molecule has 27 heavy (non-hydrogen) atoms. The largest absolute Gasteiger partial charge is 0.368 e. The summed E-state index contributed by atoms with van der Waals surface area (Å²) >= 11 is 5.88. The monoisotopic (exact) mass is 384 g/mol. The third-order valence-electron chi connectivity index (χ3n) is 4.63. The minimum absolute atomic E-state index is 0.174. The Morgan fingerprint density at radius 2 is 1.89 bits per heavy atom. The first-order chi connectivity index (χ1) is 13.2. The summed E-state index contributed by atoms with van der Waals surface area (Å²) in [5, 5.41) is 6.87. The molecule has 1 aliphatic carbocycles. The summed E-state index contributed by atoms with van der Waals surface area (Å²) in [7, 11) is 0. The van der Waals surface area contributed by atoms with Gasteiger partial charge in [-0.05, 0) is 56.2 Å². The first-order valence-electron chi connectivity index (χ1n) is 9.47. The maximum Gasteiger partial charge on any atom is 0.271 e. The van der Waals surface area contributed by atoms with Crippen molar-refractivity contribution in [3.05, 3.63) is 64.6 Å². The molecule has 0 unspecified atom stereocenters. The number of halogens is 1. The predicted molar refractivity (Wildman–Crippen MR) is 109 cm³/mol. The van der Waals surface area contributed by atoms with Gasteiger partial charge in [0.05, 0.1) is 12.4 Å². The number of carbonyl (C=O) groups excluding carboxylic acids is 1. The average Bonchev–Trinajstić information content (AvgIpc) is 2.71. The fourth-order valence-electron chi connectivity index (χ4n) is 3.08. The number of anilines is 1. The van der Waals surface area contributed by atoms with Crippen LogP contribution in [0.1, 0.15) is 48.2 Å². The normalized spacial score (nSPS) is 13.7. The van der Waals surface area contributed by atoms with Gasteiger partial charge in [-0.3, -0.25) is 4.79 Å². The van der Waals surface area contributed by atoms with Gasteiger partial charge in [0.1, 0.15) is 11.5 Å². The van der Waals surface area contributed by atoms with Gasteiger partial charge in [0.15, 0.2) is 0 Å². The van der Waals surface area contributed by atoms with E-state index in [1.807, 2.05) is 24.3 Å². The number of aromatic nitrogens is 2. The van der Waals surface area contributed by atoms with Gasteiger partial charge in [-0.25, -0.2) is 9.97 Å². The minimum Gasteiger partial charge on any atom is -0.368 e. The van der Waals surface area contributed by atoms with Crippen LogP contribution in [-0.4, -0.2) is 29.0 Å². The second kappa shape index (κ2) is 10.1. The fourth-order valence-corrected chi connectivity index (χ4v) is 3.21. The van der Waals surface area contributed by atoms with E-state index < -0.39 is 0 Å². The molecule has 0 bridgehead atoms. The molecular formula is C21H25ClN4O. The average molecular weight is 385 g/mol. The number of benzene rings is 1. The molecule has 1 heterocycles. The number of carbonyl (C=O) groups is 1. The molecule has 3 rings (SSSR count). The number of allylic oxidation sites excluding steroid dienone is 1. The second-order valence-electron chi connectivity index (χ2n) is 6.70. The molecule has 2 aromatic rings. The molecule has 0 saturated heterocycles. The molecule has 1 amide bonds. The molecule has 1 aromatic heterocycles. The van der Waals surface area contributed by atoms with E-state index >= 15 is 0 Å². The molecular weight excluding hydrogens is 360 g/mol. The number of hydrogen-bond donors (Lipinski definition) is 2. The Morgan fingerprint density at radius 1 is 1.04 bits per heavy atom. The maximum absolute atomic E-state index is 12.2.